The summed E-state index contributed by atoms with van der Waals surface area (Å²) in [6, 6.07) is 28.2. The summed E-state index contributed by atoms with van der Waals surface area (Å²) in [5.74, 6) is 0. The van der Waals surface area contributed by atoms with Gasteiger partial charge in [0, 0.05) is 16.2 Å². The average Bonchev–Trinajstić information content (AvgIpc) is 3.44. The fourth-order valence-corrected chi connectivity index (χ4v) is 5.97. The lowest BCUT2D eigenvalue weighted by molar-refractivity contribution is 0.00578. The Morgan fingerprint density at radius 1 is 0.488 bits per heavy atom. The van der Waals surface area contributed by atoms with E-state index in [-0.39, 0.29) is 0 Å². The SMILES string of the molecule is CC1(C)OB(c2ccc3c(c2)c2cc(B4OC(C)(C)C(C)(C)O4)ccc2n3-c2cccc3ccccc23)OC1(C)C. The Hall–Kier alpha value is -3.09. The summed E-state index contributed by atoms with van der Waals surface area (Å²) < 4.78 is 28.1. The number of nitrogens with zero attached hydrogens (tertiary/aromatic N) is 1. The molecule has 5 nitrogen and oxygen atoms in total. The topological polar surface area (TPSA) is 41.9 Å². The Bertz CT molecular complexity index is 1710. The largest absolute Gasteiger partial charge is 0.494 e. The summed E-state index contributed by atoms with van der Waals surface area (Å²) in [6.07, 6.45) is 0. The van der Waals surface area contributed by atoms with Crippen molar-refractivity contribution in [1.82, 2.24) is 4.57 Å². The quantitative estimate of drug-likeness (QED) is 0.242. The van der Waals surface area contributed by atoms with Gasteiger partial charge in [-0.3, -0.25) is 0 Å². The fraction of sp³-hybridized carbons (Fsp3) is 0.353. The molecule has 7 heteroatoms. The average molecular weight is 545 g/mol. The summed E-state index contributed by atoms with van der Waals surface area (Å²) in [4.78, 5) is 0. The van der Waals surface area contributed by atoms with E-state index in [0.717, 1.165) is 38.4 Å². The van der Waals surface area contributed by atoms with E-state index in [1.807, 2.05) is 0 Å². The number of hydrogen-bond acceptors (Lipinski definition) is 4. The van der Waals surface area contributed by atoms with Crippen LogP contribution in [0.25, 0.3) is 38.3 Å². The van der Waals surface area contributed by atoms with Crippen molar-refractivity contribution >= 4 is 57.7 Å². The molecule has 0 radical (unpaired) electrons. The van der Waals surface area contributed by atoms with E-state index < -0.39 is 36.6 Å². The highest BCUT2D eigenvalue weighted by Gasteiger charge is 2.53. The molecule has 41 heavy (non-hydrogen) atoms. The highest BCUT2D eigenvalue weighted by Crippen LogP contribution is 2.39. The second-order valence-electron chi connectivity index (χ2n) is 13.6. The van der Waals surface area contributed by atoms with Gasteiger partial charge in [-0.2, -0.15) is 0 Å². The van der Waals surface area contributed by atoms with Crippen LogP contribution in [0.5, 0.6) is 0 Å². The Morgan fingerprint density at radius 2 is 0.927 bits per heavy atom. The Morgan fingerprint density at radius 3 is 1.41 bits per heavy atom. The molecule has 5 aromatic rings. The van der Waals surface area contributed by atoms with Gasteiger partial charge in [-0.1, -0.05) is 60.7 Å². The molecule has 0 spiro atoms. The summed E-state index contributed by atoms with van der Waals surface area (Å²) in [5.41, 5.74) is 3.78. The maximum absolute atomic E-state index is 6.44. The molecule has 3 heterocycles. The molecule has 0 aliphatic carbocycles. The van der Waals surface area contributed by atoms with Gasteiger partial charge < -0.3 is 23.2 Å². The van der Waals surface area contributed by atoms with E-state index in [4.69, 9.17) is 18.6 Å². The van der Waals surface area contributed by atoms with Crippen molar-refractivity contribution in [2.75, 3.05) is 0 Å². The number of fused-ring (bicyclic) bond motifs is 4. The van der Waals surface area contributed by atoms with Crippen molar-refractivity contribution in [3.05, 3.63) is 78.9 Å². The van der Waals surface area contributed by atoms with Crippen LogP contribution in [0.15, 0.2) is 78.9 Å². The molecule has 2 saturated heterocycles. The zero-order valence-corrected chi connectivity index (χ0v) is 25.2. The smallest absolute Gasteiger partial charge is 0.399 e. The number of hydrogen-bond donors (Lipinski definition) is 0. The molecule has 2 fully saturated rings. The van der Waals surface area contributed by atoms with E-state index in [1.54, 1.807) is 0 Å². The van der Waals surface area contributed by atoms with E-state index in [9.17, 15) is 0 Å². The van der Waals surface area contributed by atoms with Gasteiger partial charge >= 0.3 is 14.2 Å². The number of aromatic nitrogens is 1. The van der Waals surface area contributed by atoms with Crippen molar-refractivity contribution in [1.29, 1.82) is 0 Å². The van der Waals surface area contributed by atoms with Crippen molar-refractivity contribution in [3.63, 3.8) is 0 Å². The molecule has 2 aliphatic rings. The van der Waals surface area contributed by atoms with Crippen molar-refractivity contribution < 1.29 is 18.6 Å². The molecule has 4 aromatic carbocycles. The van der Waals surface area contributed by atoms with Crippen LogP contribution in [-0.4, -0.2) is 41.2 Å². The van der Waals surface area contributed by atoms with Gasteiger partial charge in [0.2, 0.25) is 0 Å². The molecule has 0 saturated carbocycles. The number of benzene rings is 4. The van der Waals surface area contributed by atoms with E-state index in [1.165, 1.54) is 10.8 Å². The first-order valence-corrected chi connectivity index (χ1v) is 14.6. The van der Waals surface area contributed by atoms with Gasteiger partial charge in [0.05, 0.1) is 39.1 Å². The zero-order valence-electron chi connectivity index (χ0n) is 25.2. The lowest BCUT2D eigenvalue weighted by Crippen LogP contribution is -2.41. The summed E-state index contributed by atoms with van der Waals surface area (Å²) in [5, 5.41) is 4.69. The molecule has 0 unspecified atom stereocenters. The van der Waals surface area contributed by atoms with Crippen LogP contribution in [0.4, 0.5) is 0 Å². The van der Waals surface area contributed by atoms with Gasteiger partial charge in [-0.05, 0) is 89.9 Å². The van der Waals surface area contributed by atoms with Crippen LogP contribution in [0.2, 0.25) is 0 Å². The monoisotopic (exact) mass is 545 g/mol. The predicted molar refractivity (Wildman–Crippen MR) is 170 cm³/mol. The molecule has 7 rings (SSSR count). The summed E-state index contributed by atoms with van der Waals surface area (Å²) in [7, 11) is -0.877. The molecule has 0 bridgehead atoms. The Kier molecular flexibility index (Phi) is 5.69. The lowest BCUT2D eigenvalue weighted by atomic mass is 9.77. The first-order valence-electron chi connectivity index (χ1n) is 14.6. The molecular weight excluding hydrogens is 508 g/mol. The summed E-state index contributed by atoms with van der Waals surface area (Å²) >= 11 is 0. The minimum Gasteiger partial charge on any atom is -0.399 e. The predicted octanol–water partition coefficient (Wildman–Crippen LogP) is 6.54. The Balaban J connectivity index is 1.45. The minimum absolute atomic E-state index is 0.409. The van der Waals surface area contributed by atoms with Gasteiger partial charge in [0.1, 0.15) is 0 Å². The van der Waals surface area contributed by atoms with Gasteiger partial charge in [-0.25, -0.2) is 0 Å². The third-order valence-corrected chi connectivity index (χ3v) is 9.87. The van der Waals surface area contributed by atoms with Gasteiger partial charge in [-0.15, -0.1) is 0 Å². The molecule has 0 N–H and O–H groups in total. The van der Waals surface area contributed by atoms with E-state index in [2.05, 4.69) is 139 Å². The van der Waals surface area contributed by atoms with Crippen LogP contribution in [0.3, 0.4) is 0 Å². The number of rotatable bonds is 3. The lowest BCUT2D eigenvalue weighted by Gasteiger charge is -2.32. The summed E-state index contributed by atoms with van der Waals surface area (Å²) in [6.45, 7) is 16.7. The third-order valence-electron chi connectivity index (χ3n) is 9.87. The molecule has 2 aliphatic heterocycles. The first kappa shape index (κ1) is 26.8. The van der Waals surface area contributed by atoms with E-state index in [0.29, 0.717) is 0 Å². The molecule has 0 amide bonds. The highest BCUT2D eigenvalue weighted by atomic mass is 16.7. The third kappa shape index (κ3) is 4.01. The maximum Gasteiger partial charge on any atom is 0.494 e. The van der Waals surface area contributed by atoms with Crippen LogP contribution in [0.1, 0.15) is 55.4 Å². The molecule has 1 aromatic heterocycles. The van der Waals surface area contributed by atoms with Crippen LogP contribution in [-0.2, 0) is 18.6 Å². The van der Waals surface area contributed by atoms with Crippen LogP contribution in [0, 0.1) is 0 Å². The molecule has 208 valence electrons. The normalized spacial score (nSPS) is 21.0. The molecular formula is C34H37B2NO4. The van der Waals surface area contributed by atoms with Crippen molar-refractivity contribution in [3.8, 4) is 5.69 Å². The second-order valence-corrected chi connectivity index (χ2v) is 13.6. The van der Waals surface area contributed by atoms with Crippen molar-refractivity contribution in [2.24, 2.45) is 0 Å². The van der Waals surface area contributed by atoms with Crippen LogP contribution >= 0.6 is 0 Å². The molecule has 0 atom stereocenters. The second kappa shape index (κ2) is 8.71. The van der Waals surface area contributed by atoms with Crippen LogP contribution < -0.4 is 10.9 Å². The minimum atomic E-state index is -0.438. The van der Waals surface area contributed by atoms with E-state index >= 15 is 0 Å². The first-order chi connectivity index (χ1) is 19.3. The maximum atomic E-state index is 6.44. The zero-order chi connectivity index (χ0) is 28.9. The fourth-order valence-electron chi connectivity index (χ4n) is 5.97. The van der Waals surface area contributed by atoms with Crippen molar-refractivity contribution in [2.45, 2.75) is 77.8 Å². The van der Waals surface area contributed by atoms with Gasteiger partial charge in [0.15, 0.2) is 0 Å². The van der Waals surface area contributed by atoms with Gasteiger partial charge in [0.25, 0.3) is 0 Å². The standard InChI is InChI=1S/C34H37B2NO4/c1-31(2)32(3,4)39-35(38-31)23-16-18-29-26(20-23)27-21-24(36-40-33(5,6)34(7,8)41-36)17-19-30(27)37(29)28-15-11-13-22-12-9-10-14-25(22)28/h9-21H,1-8H3. The highest BCUT2D eigenvalue weighted by molar-refractivity contribution is 6.63. The Labute approximate surface area is 243 Å².